The Morgan fingerprint density at radius 1 is 1.04 bits per heavy atom. The average Bonchev–Trinajstić information content (AvgIpc) is 3.12. The van der Waals surface area contributed by atoms with E-state index in [-0.39, 0.29) is 5.82 Å². The summed E-state index contributed by atoms with van der Waals surface area (Å²) >= 11 is 0. The van der Waals surface area contributed by atoms with Crippen molar-refractivity contribution < 1.29 is 4.39 Å². The molecule has 1 aliphatic carbocycles. The molecule has 138 valence electrons. The number of hydrogen-bond donors (Lipinski definition) is 0. The maximum atomic E-state index is 13.7. The first-order valence-electron chi connectivity index (χ1n) is 10.1. The Morgan fingerprint density at radius 2 is 1.73 bits per heavy atom. The van der Waals surface area contributed by atoms with Crippen LogP contribution in [0.25, 0.3) is 0 Å². The summed E-state index contributed by atoms with van der Waals surface area (Å²) in [6.07, 6.45) is 4.00. The first kappa shape index (κ1) is 17.7. The molecule has 1 aliphatic heterocycles. The summed E-state index contributed by atoms with van der Waals surface area (Å²) in [5, 5.41) is 0. The third-order valence-corrected chi connectivity index (χ3v) is 6.46. The number of benzene rings is 2. The topological polar surface area (TPSA) is 3.24 Å². The average molecular weight is 352 g/mol. The normalized spacial score (nSPS) is 26.8. The van der Waals surface area contributed by atoms with Crippen molar-refractivity contribution in [1.82, 2.24) is 4.90 Å². The molecular formula is C24H30FN. The van der Waals surface area contributed by atoms with Crippen LogP contribution < -0.4 is 0 Å². The van der Waals surface area contributed by atoms with E-state index in [0.29, 0.717) is 5.92 Å². The minimum absolute atomic E-state index is 0.103. The molecule has 0 N–H and O–H groups in total. The van der Waals surface area contributed by atoms with E-state index in [1.807, 2.05) is 6.92 Å². The van der Waals surface area contributed by atoms with E-state index < -0.39 is 0 Å². The standard InChI is InChI=1S/C24H30FN/c1-17-8-21(13-24(25)9-17)18(2)14-26-15-22-11-20(12-23(22)16-26)10-19-6-4-3-5-7-19/h3-9,13,18,20,22-23H,10-12,14-16H2,1-2H3. The van der Waals surface area contributed by atoms with Crippen LogP contribution in [0.1, 0.15) is 42.4 Å². The summed E-state index contributed by atoms with van der Waals surface area (Å²) in [5.74, 6) is 2.88. The molecule has 0 amide bonds. The molecule has 3 unspecified atom stereocenters. The van der Waals surface area contributed by atoms with Crippen LogP contribution in [0.3, 0.4) is 0 Å². The van der Waals surface area contributed by atoms with Crippen LogP contribution in [0.5, 0.6) is 0 Å². The van der Waals surface area contributed by atoms with E-state index in [1.54, 1.807) is 12.1 Å². The largest absolute Gasteiger partial charge is 0.302 e. The van der Waals surface area contributed by atoms with Gasteiger partial charge >= 0.3 is 0 Å². The fourth-order valence-corrected chi connectivity index (χ4v) is 5.33. The lowest BCUT2D eigenvalue weighted by Crippen LogP contribution is -2.27. The first-order chi connectivity index (χ1) is 12.6. The molecule has 0 spiro atoms. The smallest absolute Gasteiger partial charge is 0.123 e. The van der Waals surface area contributed by atoms with Crippen molar-refractivity contribution in [1.29, 1.82) is 0 Å². The molecule has 1 saturated heterocycles. The summed E-state index contributed by atoms with van der Waals surface area (Å²) in [7, 11) is 0. The van der Waals surface area contributed by atoms with E-state index in [2.05, 4.69) is 48.2 Å². The highest BCUT2D eigenvalue weighted by Crippen LogP contribution is 2.43. The summed E-state index contributed by atoms with van der Waals surface area (Å²) in [6, 6.07) is 16.4. The Balaban J connectivity index is 1.30. The van der Waals surface area contributed by atoms with Gasteiger partial charge in [0.25, 0.3) is 0 Å². The molecule has 3 atom stereocenters. The molecule has 2 fully saturated rings. The Hall–Kier alpha value is -1.67. The number of likely N-dealkylation sites (tertiary alicyclic amines) is 1. The Kier molecular flexibility index (Phi) is 5.13. The maximum Gasteiger partial charge on any atom is 0.123 e. The molecule has 1 nitrogen and oxygen atoms in total. The Labute approximate surface area is 157 Å². The molecule has 2 aromatic carbocycles. The minimum atomic E-state index is -0.103. The fourth-order valence-electron chi connectivity index (χ4n) is 5.33. The van der Waals surface area contributed by atoms with Gasteiger partial charge in [0.1, 0.15) is 5.82 Å². The molecule has 2 aromatic rings. The van der Waals surface area contributed by atoms with Crippen molar-refractivity contribution in [2.45, 2.75) is 39.0 Å². The molecule has 1 heterocycles. The zero-order valence-electron chi connectivity index (χ0n) is 16.0. The van der Waals surface area contributed by atoms with Gasteiger partial charge in [0.15, 0.2) is 0 Å². The SMILES string of the molecule is Cc1cc(F)cc(C(C)CN2CC3CC(Cc4ccccc4)CC3C2)c1. The van der Waals surface area contributed by atoms with Crippen molar-refractivity contribution in [2.24, 2.45) is 17.8 Å². The van der Waals surface area contributed by atoms with Crippen LogP contribution in [0.2, 0.25) is 0 Å². The molecule has 0 aromatic heterocycles. The molecule has 2 heteroatoms. The molecule has 1 saturated carbocycles. The lowest BCUT2D eigenvalue weighted by atomic mass is 9.96. The molecule has 0 radical (unpaired) electrons. The maximum absolute atomic E-state index is 13.7. The number of hydrogen-bond acceptors (Lipinski definition) is 1. The second-order valence-electron chi connectivity index (χ2n) is 8.73. The molecule has 4 rings (SSSR count). The highest BCUT2D eigenvalue weighted by atomic mass is 19.1. The van der Waals surface area contributed by atoms with Crippen molar-refractivity contribution in [3.05, 3.63) is 71.0 Å². The summed E-state index contributed by atoms with van der Waals surface area (Å²) < 4.78 is 13.7. The number of fused-ring (bicyclic) bond motifs is 1. The van der Waals surface area contributed by atoms with Crippen LogP contribution >= 0.6 is 0 Å². The third-order valence-electron chi connectivity index (χ3n) is 6.46. The van der Waals surface area contributed by atoms with Crippen LogP contribution in [0.4, 0.5) is 4.39 Å². The second kappa shape index (κ2) is 7.52. The molecule has 26 heavy (non-hydrogen) atoms. The van der Waals surface area contributed by atoms with Gasteiger partial charge in [0.2, 0.25) is 0 Å². The third kappa shape index (κ3) is 4.01. The Bertz CT molecular complexity index is 707. The van der Waals surface area contributed by atoms with Crippen LogP contribution in [-0.2, 0) is 6.42 Å². The number of halogens is 1. The van der Waals surface area contributed by atoms with E-state index in [9.17, 15) is 4.39 Å². The molecule has 0 bridgehead atoms. The number of aryl methyl sites for hydroxylation is 1. The van der Waals surface area contributed by atoms with Gasteiger partial charge in [-0.25, -0.2) is 4.39 Å². The fraction of sp³-hybridized carbons (Fsp3) is 0.500. The van der Waals surface area contributed by atoms with Crippen molar-refractivity contribution in [2.75, 3.05) is 19.6 Å². The van der Waals surface area contributed by atoms with Crippen molar-refractivity contribution in [3.63, 3.8) is 0 Å². The van der Waals surface area contributed by atoms with Gasteiger partial charge in [0, 0.05) is 19.6 Å². The lowest BCUT2D eigenvalue weighted by molar-refractivity contribution is 0.283. The highest BCUT2D eigenvalue weighted by Gasteiger charge is 2.40. The summed E-state index contributed by atoms with van der Waals surface area (Å²) in [4.78, 5) is 2.62. The van der Waals surface area contributed by atoms with Gasteiger partial charge < -0.3 is 4.90 Å². The van der Waals surface area contributed by atoms with Gasteiger partial charge in [-0.2, -0.15) is 0 Å². The van der Waals surface area contributed by atoms with Crippen LogP contribution in [0.15, 0.2) is 48.5 Å². The van der Waals surface area contributed by atoms with Gasteiger partial charge in [-0.1, -0.05) is 43.3 Å². The summed E-state index contributed by atoms with van der Waals surface area (Å²) in [6.45, 7) is 7.73. The number of nitrogens with zero attached hydrogens (tertiary/aromatic N) is 1. The van der Waals surface area contributed by atoms with Crippen LogP contribution in [0, 0.1) is 30.5 Å². The highest BCUT2D eigenvalue weighted by molar-refractivity contribution is 5.26. The van der Waals surface area contributed by atoms with Crippen molar-refractivity contribution >= 4 is 0 Å². The van der Waals surface area contributed by atoms with E-state index in [1.165, 1.54) is 37.9 Å². The molecular weight excluding hydrogens is 321 g/mol. The Morgan fingerprint density at radius 3 is 2.38 bits per heavy atom. The zero-order valence-corrected chi connectivity index (χ0v) is 16.0. The first-order valence-corrected chi connectivity index (χ1v) is 10.1. The van der Waals surface area contributed by atoms with Gasteiger partial charge in [-0.15, -0.1) is 0 Å². The minimum Gasteiger partial charge on any atom is -0.302 e. The van der Waals surface area contributed by atoms with Gasteiger partial charge in [0.05, 0.1) is 0 Å². The predicted molar refractivity (Wildman–Crippen MR) is 106 cm³/mol. The van der Waals surface area contributed by atoms with E-state index in [0.717, 1.165) is 35.4 Å². The number of rotatable bonds is 5. The summed E-state index contributed by atoms with van der Waals surface area (Å²) in [5.41, 5.74) is 3.65. The zero-order chi connectivity index (χ0) is 18.1. The molecule has 2 aliphatic rings. The lowest BCUT2D eigenvalue weighted by Gasteiger charge is -2.23. The predicted octanol–water partition coefficient (Wildman–Crippen LogP) is 5.44. The van der Waals surface area contributed by atoms with E-state index in [4.69, 9.17) is 0 Å². The van der Waals surface area contributed by atoms with Crippen molar-refractivity contribution in [3.8, 4) is 0 Å². The quantitative estimate of drug-likeness (QED) is 0.693. The van der Waals surface area contributed by atoms with E-state index >= 15 is 0 Å². The van der Waals surface area contributed by atoms with Crippen LogP contribution in [-0.4, -0.2) is 24.5 Å². The van der Waals surface area contributed by atoms with Gasteiger partial charge in [-0.05, 0) is 78.7 Å². The monoisotopic (exact) mass is 351 g/mol. The van der Waals surface area contributed by atoms with Gasteiger partial charge in [-0.3, -0.25) is 0 Å². The second-order valence-corrected chi connectivity index (χ2v) is 8.73.